The zero-order valence-electron chi connectivity index (χ0n) is 16.5. The molecule has 2 aromatic carbocycles. The van der Waals surface area contributed by atoms with Gasteiger partial charge >= 0.3 is 0 Å². The molecule has 0 saturated heterocycles. The van der Waals surface area contributed by atoms with Gasteiger partial charge in [-0.05, 0) is 37.1 Å². The second-order valence-corrected chi connectivity index (χ2v) is 7.24. The van der Waals surface area contributed by atoms with Crippen molar-refractivity contribution in [2.45, 2.75) is 19.9 Å². The number of nitrogens with zero attached hydrogens (tertiary/aromatic N) is 4. The molecule has 0 aliphatic rings. The molecular formula is C23H19N5O2. The van der Waals surface area contributed by atoms with Crippen molar-refractivity contribution in [3.8, 4) is 11.1 Å². The van der Waals surface area contributed by atoms with Crippen molar-refractivity contribution in [1.29, 1.82) is 0 Å². The van der Waals surface area contributed by atoms with E-state index in [1.165, 1.54) is 6.33 Å². The van der Waals surface area contributed by atoms with E-state index in [9.17, 15) is 4.79 Å². The predicted molar refractivity (Wildman–Crippen MR) is 116 cm³/mol. The van der Waals surface area contributed by atoms with Gasteiger partial charge in [-0.3, -0.25) is 4.79 Å². The number of para-hydroxylation sites is 1. The summed E-state index contributed by atoms with van der Waals surface area (Å²) in [5, 5.41) is 0.550. The zero-order chi connectivity index (χ0) is 20.8. The van der Waals surface area contributed by atoms with E-state index < -0.39 is 0 Å². The highest BCUT2D eigenvalue weighted by Gasteiger charge is 2.24. The van der Waals surface area contributed by atoms with Crippen molar-refractivity contribution < 1.29 is 4.42 Å². The van der Waals surface area contributed by atoms with Crippen LogP contribution in [0.5, 0.6) is 0 Å². The molecule has 148 valence electrons. The second kappa shape index (κ2) is 6.81. The summed E-state index contributed by atoms with van der Waals surface area (Å²) in [7, 11) is 0. The lowest BCUT2D eigenvalue weighted by Crippen LogP contribution is -2.15. The Morgan fingerprint density at radius 2 is 1.80 bits per heavy atom. The van der Waals surface area contributed by atoms with E-state index in [0.717, 1.165) is 11.1 Å². The first kappa shape index (κ1) is 18.1. The highest BCUT2D eigenvalue weighted by atomic mass is 16.3. The van der Waals surface area contributed by atoms with Gasteiger partial charge in [-0.15, -0.1) is 0 Å². The van der Waals surface area contributed by atoms with Crippen LogP contribution in [0, 0.1) is 6.92 Å². The summed E-state index contributed by atoms with van der Waals surface area (Å²) in [6, 6.07) is 14.7. The van der Waals surface area contributed by atoms with Crippen LogP contribution >= 0.6 is 0 Å². The van der Waals surface area contributed by atoms with Crippen molar-refractivity contribution in [3.05, 3.63) is 82.7 Å². The smallest absolute Gasteiger partial charge is 0.200 e. The fraction of sp³-hybridized carbons (Fsp3) is 0.130. The standard InChI is InChI=1S/C23H19N5O2/c1-13-7-3-4-8-15(13)18-20(29)16-9-5-6-10-17(16)30-21(18)14(2)28-12-27-19-22(24)25-11-26-23(19)28/h3-12,14H,1-2H3,(H2,24,25,26). The van der Waals surface area contributed by atoms with Crippen LogP contribution in [-0.4, -0.2) is 19.5 Å². The Morgan fingerprint density at radius 3 is 2.63 bits per heavy atom. The van der Waals surface area contributed by atoms with Crippen LogP contribution in [0.4, 0.5) is 5.82 Å². The lowest BCUT2D eigenvalue weighted by atomic mass is 9.95. The Morgan fingerprint density at radius 1 is 1.03 bits per heavy atom. The van der Waals surface area contributed by atoms with E-state index in [-0.39, 0.29) is 11.5 Å². The normalized spacial score (nSPS) is 12.5. The minimum absolute atomic E-state index is 0.0634. The maximum absolute atomic E-state index is 13.6. The first-order chi connectivity index (χ1) is 14.6. The summed E-state index contributed by atoms with van der Waals surface area (Å²) < 4.78 is 8.17. The number of nitrogens with two attached hydrogens (primary N) is 1. The van der Waals surface area contributed by atoms with E-state index in [1.807, 2.05) is 54.8 Å². The fourth-order valence-corrected chi connectivity index (χ4v) is 3.84. The summed E-state index contributed by atoms with van der Waals surface area (Å²) in [6.45, 7) is 3.94. The number of nitrogen functional groups attached to an aromatic ring is 1. The van der Waals surface area contributed by atoms with Gasteiger partial charge in [-0.2, -0.15) is 0 Å². The topological polar surface area (TPSA) is 99.8 Å². The van der Waals surface area contributed by atoms with Gasteiger partial charge in [-0.25, -0.2) is 15.0 Å². The van der Waals surface area contributed by atoms with Gasteiger partial charge in [0.05, 0.1) is 23.3 Å². The van der Waals surface area contributed by atoms with Crippen molar-refractivity contribution in [2.24, 2.45) is 0 Å². The summed E-state index contributed by atoms with van der Waals surface area (Å²) in [6.07, 6.45) is 3.05. The van der Waals surface area contributed by atoms with Crippen LogP contribution < -0.4 is 11.2 Å². The van der Waals surface area contributed by atoms with E-state index in [2.05, 4.69) is 15.0 Å². The highest BCUT2D eigenvalue weighted by Crippen LogP contribution is 2.33. The number of hydrogen-bond acceptors (Lipinski definition) is 6. The molecule has 0 amide bonds. The second-order valence-electron chi connectivity index (χ2n) is 7.24. The van der Waals surface area contributed by atoms with Crippen LogP contribution in [0.3, 0.4) is 0 Å². The molecule has 2 N–H and O–H groups in total. The minimum atomic E-state index is -0.351. The summed E-state index contributed by atoms with van der Waals surface area (Å²) in [4.78, 5) is 26.3. The van der Waals surface area contributed by atoms with E-state index in [4.69, 9.17) is 10.2 Å². The Balaban J connectivity index is 1.83. The van der Waals surface area contributed by atoms with Crippen molar-refractivity contribution in [2.75, 3.05) is 5.73 Å². The summed E-state index contributed by atoms with van der Waals surface area (Å²) >= 11 is 0. The maximum Gasteiger partial charge on any atom is 0.200 e. The number of aromatic nitrogens is 4. The maximum atomic E-state index is 13.6. The van der Waals surface area contributed by atoms with Crippen LogP contribution in [0.1, 0.15) is 24.3 Å². The molecule has 5 rings (SSSR count). The molecule has 7 heteroatoms. The number of rotatable bonds is 3. The fourth-order valence-electron chi connectivity index (χ4n) is 3.84. The minimum Gasteiger partial charge on any atom is -0.458 e. The van der Waals surface area contributed by atoms with Crippen molar-refractivity contribution >= 4 is 28.0 Å². The van der Waals surface area contributed by atoms with Gasteiger partial charge in [-0.1, -0.05) is 36.4 Å². The van der Waals surface area contributed by atoms with E-state index in [1.54, 1.807) is 18.5 Å². The van der Waals surface area contributed by atoms with Gasteiger partial charge in [0.2, 0.25) is 5.43 Å². The zero-order valence-corrected chi connectivity index (χ0v) is 16.5. The SMILES string of the molecule is Cc1ccccc1-c1c(C(C)n2cnc3c(N)ncnc32)oc2ccccc2c1=O. The molecule has 1 unspecified atom stereocenters. The van der Waals surface area contributed by atoms with Crippen LogP contribution in [0.25, 0.3) is 33.3 Å². The predicted octanol–water partition coefficient (Wildman–Crippen LogP) is 4.10. The third-order valence-corrected chi connectivity index (χ3v) is 5.42. The highest BCUT2D eigenvalue weighted by molar-refractivity contribution is 5.84. The Hall–Kier alpha value is -4.00. The van der Waals surface area contributed by atoms with Gasteiger partial charge in [0, 0.05) is 0 Å². The molecule has 3 aromatic heterocycles. The van der Waals surface area contributed by atoms with E-state index in [0.29, 0.717) is 39.3 Å². The van der Waals surface area contributed by atoms with E-state index >= 15 is 0 Å². The van der Waals surface area contributed by atoms with Gasteiger partial charge < -0.3 is 14.7 Å². The molecule has 0 radical (unpaired) electrons. The third-order valence-electron chi connectivity index (χ3n) is 5.42. The molecule has 0 bridgehead atoms. The lowest BCUT2D eigenvalue weighted by Gasteiger charge is -2.18. The summed E-state index contributed by atoms with van der Waals surface area (Å²) in [5.74, 6) is 0.856. The van der Waals surface area contributed by atoms with Gasteiger partial charge in [0.1, 0.15) is 23.2 Å². The largest absolute Gasteiger partial charge is 0.458 e. The van der Waals surface area contributed by atoms with Crippen LogP contribution in [-0.2, 0) is 0 Å². The quantitative estimate of drug-likeness (QED) is 0.492. The number of hydrogen-bond donors (Lipinski definition) is 1. The van der Waals surface area contributed by atoms with Crippen molar-refractivity contribution in [3.63, 3.8) is 0 Å². The Bertz CT molecular complexity index is 1470. The number of aryl methyl sites for hydroxylation is 1. The summed E-state index contributed by atoms with van der Waals surface area (Å²) in [5.41, 5.74) is 9.91. The molecule has 0 aliphatic heterocycles. The molecule has 0 saturated carbocycles. The molecular weight excluding hydrogens is 378 g/mol. The third kappa shape index (κ3) is 2.67. The number of anilines is 1. The molecule has 0 spiro atoms. The number of imidazole rings is 1. The molecule has 3 heterocycles. The monoisotopic (exact) mass is 397 g/mol. The Labute approximate surface area is 171 Å². The van der Waals surface area contributed by atoms with Crippen LogP contribution in [0.2, 0.25) is 0 Å². The molecule has 5 aromatic rings. The molecule has 1 atom stereocenters. The van der Waals surface area contributed by atoms with Gasteiger partial charge in [0.25, 0.3) is 0 Å². The molecule has 30 heavy (non-hydrogen) atoms. The Kier molecular flexibility index (Phi) is 4.10. The molecule has 0 aliphatic carbocycles. The van der Waals surface area contributed by atoms with Gasteiger partial charge in [0.15, 0.2) is 11.5 Å². The van der Waals surface area contributed by atoms with Crippen molar-refractivity contribution in [1.82, 2.24) is 19.5 Å². The average Bonchev–Trinajstić information content (AvgIpc) is 3.19. The molecule has 0 fully saturated rings. The first-order valence-electron chi connectivity index (χ1n) is 9.61. The number of benzene rings is 2. The lowest BCUT2D eigenvalue weighted by molar-refractivity contribution is 0.468. The number of fused-ring (bicyclic) bond motifs is 2. The average molecular weight is 397 g/mol. The molecule has 7 nitrogen and oxygen atoms in total. The van der Waals surface area contributed by atoms with Crippen LogP contribution in [0.15, 0.2) is 70.4 Å². The first-order valence-corrected chi connectivity index (χ1v) is 9.61.